The number of amides is 2. The Hall–Kier alpha value is -2.58. The first-order valence-corrected chi connectivity index (χ1v) is 11.8. The van der Waals surface area contributed by atoms with Crippen LogP contribution in [0.2, 0.25) is 0 Å². The Morgan fingerprint density at radius 1 is 1.00 bits per heavy atom. The average Bonchev–Trinajstić information content (AvgIpc) is 2.73. The van der Waals surface area contributed by atoms with Crippen molar-refractivity contribution in [1.82, 2.24) is 9.62 Å². The van der Waals surface area contributed by atoms with Crippen LogP contribution in [0.25, 0.3) is 0 Å². The number of nitrogens with zero attached hydrogens (tertiary/aromatic N) is 1. The van der Waals surface area contributed by atoms with Crippen molar-refractivity contribution in [2.75, 3.05) is 31.6 Å². The van der Waals surface area contributed by atoms with E-state index in [1.807, 2.05) is 23.8 Å². The molecule has 2 N–H and O–H groups in total. The number of hydrogen-bond acceptors (Lipinski definition) is 5. The summed E-state index contributed by atoms with van der Waals surface area (Å²) >= 11 is 0. The van der Waals surface area contributed by atoms with Gasteiger partial charge < -0.3 is 15.0 Å². The molecule has 0 atom stereocenters. The van der Waals surface area contributed by atoms with Gasteiger partial charge in [0.2, 0.25) is 0 Å². The Kier molecular flexibility index (Phi) is 7.70. The predicted molar refractivity (Wildman–Crippen MR) is 117 cm³/mol. The topological polar surface area (TPSA) is 87.7 Å². The van der Waals surface area contributed by atoms with Gasteiger partial charge in [0.15, 0.2) is 0 Å². The molecule has 1 aliphatic rings. The van der Waals surface area contributed by atoms with Gasteiger partial charge in [0.25, 0.3) is 10.0 Å². The minimum atomic E-state index is -3.97. The minimum Gasteiger partial charge on any atom is -0.494 e. The summed E-state index contributed by atoms with van der Waals surface area (Å²) in [7, 11) is -3.97. The fraction of sp³-hybridized carbons (Fsp3) is 0.409. The summed E-state index contributed by atoms with van der Waals surface area (Å²) in [5.41, 5.74) is 1.56. The van der Waals surface area contributed by atoms with Crippen LogP contribution in [0.1, 0.15) is 31.2 Å². The monoisotopic (exact) mass is 431 g/mol. The fourth-order valence-corrected chi connectivity index (χ4v) is 4.26. The molecule has 1 aliphatic heterocycles. The number of hydrogen-bond donors (Lipinski definition) is 2. The quantitative estimate of drug-likeness (QED) is 0.622. The van der Waals surface area contributed by atoms with Crippen LogP contribution in [-0.4, -0.2) is 45.6 Å². The molecule has 1 heterocycles. The number of nitrogens with one attached hydrogen (secondary N) is 2. The molecule has 0 saturated carbocycles. The summed E-state index contributed by atoms with van der Waals surface area (Å²) in [6.45, 7) is 5.86. The number of carbonyl (C=O) groups excluding carboxylic acids is 1. The van der Waals surface area contributed by atoms with Crippen molar-refractivity contribution in [3.63, 3.8) is 0 Å². The molecule has 3 rings (SSSR count). The lowest BCUT2D eigenvalue weighted by Gasteiger charge is -2.26. The molecule has 30 heavy (non-hydrogen) atoms. The van der Waals surface area contributed by atoms with Gasteiger partial charge in [-0.2, -0.15) is 0 Å². The summed E-state index contributed by atoms with van der Waals surface area (Å²) in [5.74, 6) is 0.608. The van der Waals surface area contributed by atoms with Crippen molar-refractivity contribution in [3.05, 3.63) is 54.1 Å². The van der Waals surface area contributed by atoms with Crippen LogP contribution >= 0.6 is 0 Å². The molecule has 1 fully saturated rings. The van der Waals surface area contributed by atoms with E-state index in [0.717, 1.165) is 31.6 Å². The molecule has 0 aliphatic carbocycles. The molecule has 162 valence electrons. The number of benzene rings is 2. The third kappa shape index (κ3) is 6.74. The summed E-state index contributed by atoms with van der Waals surface area (Å²) < 4.78 is 32.6. The molecular weight excluding hydrogens is 402 g/mol. The van der Waals surface area contributed by atoms with Crippen molar-refractivity contribution < 1.29 is 17.9 Å². The van der Waals surface area contributed by atoms with Crippen molar-refractivity contribution in [2.45, 2.75) is 37.5 Å². The van der Waals surface area contributed by atoms with E-state index in [2.05, 4.69) is 10.2 Å². The number of ether oxygens (including phenoxy) is 1. The Morgan fingerprint density at radius 3 is 2.33 bits per heavy atom. The molecule has 0 bridgehead atoms. The molecule has 7 nitrogen and oxygen atoms in total. The number of aryl methyl sites for hydroxylation is 1. The lowest BCUT2D eigenvalue weighted by molar-refractivity contribution is 0.205. The van der Waals surface area contributed by atoms with Gasteiger partial charge in [-0.3, -0.25) is 0 Å². The van der Waals surface area contributed by atoms with Crippen molar-refractivity contribution >= 4 is 21.7 Å². The van der Waals surface area contributed by atoms with Crippen LogP contribution in [0.5, 0.6) is 5.75 Å². The van der Waals surface area contributed by atoms with Crippen LogP contribution in [-0.2, 0) is 10.0 Å². The van der Waals surface area contributed by atoms with Gasteiger partial charge >= 0.3 is 6.03 Å². The molecule has 0 spiro atoms. The highest BCUT2D eigenvalue weighted by molar-refractivity contribution is 7.90. The Balaban J connectivity index is 1.46. The number of urea groups is 1. The smallest absolute Gasteiger partial charge is 0.333 e. The minimum absolute atomic E-state index is 0.00206. The Morgan fingerprint density at radius 2 is 1.67 bits per heavy atom. The van der Waals surface area contributed by atoms with E-state index in [0.29, 0.717) is 18.0 Å². The van der Waals surface area contributed by atoms with Gasteiger partial charge in [0.05, 0.1) is 11.5 Å². The SMILES string of the molecule is Cc1ccc(NC(=O)NS(=O)(=O)c2ccc(OCCCN3CCCCC3)cc2)cc1. The average molecular weight is 432 g/mol. The van der Waals surface area contributed by atoms with Crippen LogP contribution < -0.4 is 14.8 Å². The maximum Gasteiger partial charge on any atom is 0.333 e. The molecule has 0 radical (unpaired) electrons. The zero-order valence-corrected chi connectivity index (χ0v) is 18.1. The van der Waals surface area contributed by atoms with Crippen LogP contribution in [0.3, 0.4) is 0 Å². The van der Waals surface area contributed by atoms with E-state index in [9.17, 15) is 13.2 Å². The van der Waals surface area contributed by atoms with E-state index in [1.54, 1.807) is 24.3 Å². The highest BCUT2D eigenvalue weighted by Crippen LogP contribution is 2.17. The predicted octanol–water partition coefficient (Wildman–Crippen LogP) is 3.76. The number of anilines is 1. The molecule has 1 saturated heterocycles. The number of sulfonamides is 1. The highest BCUT2D eigenvalue weighted by Gasteiger charge is 2.18. The maximum atomic E-state index is 12.4. The largest absolute Gasteiger partial charge is 0.494 e. The van der Waals surface area contributed by atoms with Gasteiger partial charge in [0, 0.05) is 12.2 Å². The van der Waals surface area contributed by atoms with Crippen molar-refractivity contribution in [3.8, 4) is 5.75 Å². The lowest BCUT2D eigenvalue weighted by Crippen LogP contribution is -2.34. The number of carbonyl (C=O) groups is 1. The summed E-state index contributed by atoms with van der Waals surface area (Å²) in [6, 6.07) is 12.3. The second kappa shape index (κ2) is 10.4. The van der Waals surface area contributed by atoms with Gasteiger partial charge in [-0.25, -0.2) is 17.9 Å². The molecule has 8 heteroatoms. The van der Waals surface area contributed by atoms with E-state index in [4.69, 9.17) is 4.74 Å². The van der Waals surface area contributed by atoms with Crippen LogP contribution in [0, 0.1) is 6.92 Å². The summed E-state index contributed by atoms with van der Waals surface area (Å²) in [5, 5.41) is 2.51. The third-order valence-corrected chi connectivity index (χ3v) is 6.35. The first kappa shape index (κ1) is 22.1. The second-order valence-electron chi connectivity index (χ2n) is 7.50. The summed E-state index contributed by atoms with van der Waals surface area (Å²) in [4.78, 5) is 14.5. The van der Waals surface area contributed by atoms with Gasteiger partial charge in [-0.1, -0.05) is 24.1 Å². The summed E-state index contributed by atoms with van der Waals surface area (Å²) in [6.07, 6.45) is 4.80. The molecular formula is C22H29N3O4S. The van der Waals surface area contributed by atoms with Gasteiger partial charge in [-0.05, 0) is 75.7 Å². The standard InChI is InChI=1S/C22H29N3O4S/c1-18-6-8-19(9-7-18)23-22(26)24-30(27,28)21-12-10-20(11-13-21)29-17-5-16-25-14-3-2-4-15-25/h6-13H,2-5,14-17H2,1H3,(H2,23,24,26). The Bertz CT molecular complexity index is 922. The zero-order valence-electron chi connectivity index (χ0n) is 17.3. The number of rotatable bonds is 8. The van der Waals surface area contributed by atoms with E-state index < -0.39 is 16.1 Å². The molecule has 0 aromatic heterocycles. The number of piperidine rings is 1. The van der Waals surface area contributed by atoms with E-state index in [-0.39, 0.29) is 4.90 Å². The van der Waals surface area contributed by atoms with Crippen molar-refractivity contribution in [2.24, 2.45) is 0 Å². The Labute approximate surface area is 178 Å². The van der Waals surface area contributed by atoms with Crippen LogP contribution in [0.4, 0.5) is 10.5 Å². The van der Waals surface area contributed by atoms with Gasteiger partial charge in [0.1, 0.15) is 5.75 Å². The van der Waals surface area contributed by atoms with E-state index >= 15 is 0 Å². The second-order valence-corrected chi connectivity index (χ2v) is 9.18. The fourth-order valence-electron chi connectivity index (χ4n) is 3.35. The first-order chi connectivity index (χ1) is 14.4. The van der Waals surface area contributed by atoms with Crippen LogP contribution in [0.15, 0.2) is 53.4 Å². The molecule has 2 aromatic carbocycles. The number of likely N-dealkylation sites (tertiary alicyclic amines) is 1. The first-order valence-electron chi connectivity index (χ1n) is 10.3. The maximum absolute atomic E-state index is 12.4. The lowest BCUT2D eigenvalue weighted by atomic mass is 10.1. The zero-order chi connectivity index (χ0) is 21.4. The third-order valence-electron chi connectivity index (χ3n) is 5.01. The molecule has 2 amide bonds. The highest BCUT2D eigenvalue weighted by atomic mass is 32.2. The van der Waals surface area contributed by atoms with Gasteiger partial charge in [-0.15, -0.1) is 0 Å². The molecule has 2 aromatic rings. The van der Waals surface area contributed by atoms with Crippen molar-refractivity contribution in [1.29, 1.82) is 0 Å². The normalized spacial score (nSPS) is 14.8. The van der Waals surface area contributed by atoms with E-state index in [1.165, 1.54) is 31.4 Å². The molecule has 0 unspecified atom stereocenters.